The number of hydrogen-bond acceptors (Lipinski definition) is 3. The number of carbonyl (C=O) groups is 1. The molecule has 0 saturated heterocycles. The van der Waals surface area contributed by atoms with Crippen LogP contribution in [0.15, 0.2) is 29.4 Å². The minimum Gasteiger partial charge on any atom is -0.409 e. The molecule has 0 radical (unpaired) electrons. The first kappa shape index (κ1) is 16.0. The summed E-state index contributed by atoms with van der Waals surface area (Å²) in [7, 11) is 1.85. The summed E-state index contributed by atoms with van der Waals surface area (Å²) < 4.78 is 0. The maximum Gasteiger partial charge on any atom is 0.226 e. The number of likely N-dealkylation sites (N-methyl/N-ethyl adjacent to an activating group) is 1. The number of nitrogens with two attached hydrogens (primary N) is 1. The van der Waals surface area contributed by atoms with Gasteiger partial charge in [0.1, 0.15) is 0 Å². The second-order valence-electron chi connectivity index (χ2n) is 4.83. The van der Waals surface area contributed by atoms with Crippen LogP contribution in [0, 0.1) is 0 Å². The van der Waals surface area contributed by atoms with Gasteiger partial charge in [-0.15, -0.1) is 0 Å². The molecule has 1 aromatic carbocycles. The zero-order chi connectivity index (χ0) is 15.1. The largest absolute Gasteiger partial charge is 0.409 e. The van der Waals surface area contributed by atoms with Crippen LogP contribution in [0.4, 0.5) is 0 Å². The second kappa shape index (κ2) is 7.53. The van der Waals surface area contributed by atoms with Crippen molar-refractivity contribution in [2.75, 3.05) is 7.05 Å². The molecular weight excluding hydrogens is 254 g/mol. The van der Waals surface area contributed by atoms with Crippen LogP contribution < -0.4 is 5.73 Å². The summed E-state index contributed by atoms with van der Waals surface area (Å²) in [6.45, 7) is 4.17. The summed E-state index contributed by atoms with van der Waals surface area (Å²) in [6.07, 6.45) is 2.28. The molecule has 0 bridgehead atoms. The van der Waals surface area contributed by atoms with Crippen molar-refractivity contribution in [2.45, 2.75) is 39.2 Å². The number of amides is 1. The van der Waals surface area contributed by atoms with E-state index in [9.17, 15) is 4.79 Å². The fraction of sp³-hybridized carbons (Fsp3) is 0.467. The molecule has 0 heterocycles. The van der Waals surface area contributed by atoms with Gasteiger partial charge in [0.2, 0.25) is 5.91 Å². The van der Waals surface area contributed by atoms with Gasteiger partial charge in [-0.25, -0.2) is 0 Å². The van der Waals surface area contributed by atoms with Crippen LogP contribution >= 0.6 is 0 Å². The first-order valence-electron chi connectivity index (χ1n) is 6.85. The third-order valence-corrected chi connectivity index (χ3v) is 3.60. The average molecular weight is 277 g/mol. The van der Waals surface area contributed by atoms with Gasteiger partial charge in [-0.05, 0) is 18.4 Å². The molecule has 0 aliphatic carbocycles. The van der Waals surface area contributed by atoms with Gasteiger partial charge >= 0.3 is 0 Å². The Balaban J connectivity index is 2.71. The molecule has 0 aromatic heterocycles. The summed E-state index contributed by atoms with van der Waals surface area (Å²) in [4.78, 5) is 14.0. The molecule has 1 rings (SSSR count). The van der Waals surface area contributed by atoms with Gasteiger partial charge in [-0.3, -0.25) is 4.79 Å². The Labute approximate surface area is 120 Å². The normalized spacial score (nSPS) is 11.7. The summed E-state index contributed by atoms with van der Waals surface area (Å²) >= 11 is 0. The van der Waals surface area contributed by atoms with E-state index in [-0.39, 0.29) is 11.7 Å². The molecule has 0 aliphatic rings. The van der Waals surface area contributed by atoms with Crippen LogP contribution in [-0.4, -0.2) is 34.9 Å². The Kier molecular flexibility index (Phi) is 6.03. The van der Waals surface area contributed by atoms with Crippen molar-refractivity contribution in [3.63, 3.8) is 0 Å². The smallest absolute Gasteiger partial charge is 0.226 e. The van der Waals surface area contributed by atoms with E-state index in [0.717, 1.165) is 18.4 Å². The standard InChI is InChI=1S/C15H23N3O2/c1-4-13(5-2)18(3)14(19)10-11-6-8-12(9-7-11)15(16)17-20/h6-9,13,20H,4-5,10H2,1-3H3,(H2,16,17). The lowest BCUT2D eigenvalue weighted by molar-refractivity contribution is -0.131. The Morgan fingerprint density at radius 1 is 1.30 bits per heavy atom. The summed E-state index contributed by atoms with van der Waals surface area (Å²) in [5.41, 5.74) is 7.05. The van der Waals surface area contributed by atoms with E-state index in [1.165, 1.54) is 0 Å². The average Bonchev–Trinajstić information content (AvgIpc) is 2.48. The van der Waals surface area contributed by atoms with Crippen LogP contribution in [0.1, 0.15) is 37.8 Å². The zero-order valence-corrected chi connectivity index (χ0v) is 12.3. The lowest BCUT2D eigenvalue weighted by Gasteiger charge is -2.26. The van der Waals surface area contributed by atoms with Gasteiger partial charge in [-0.1, -0.05) is 43.3 Å². The van der Waals surface area contributed by atoms with Gasteiger partial charge in [0.25, 0.3) is 0 Å². The molecule has 0 spiro atoms. The molecule has 20 heavy (non-hydrogen) atoms. The number of benzene rings is 1. The molecule has 0 atom stereocenters. The van der Waals surface area contributed by atoms with E-state index in [0.29, 0.717) is 18.0 Å². The maximum atomic E-state index is 12.2. The molecule has 0 saturated carbocycles. The van der Waals surface area contributed by atoms with E-state index < -0.39 is 0 Å². The van der Waals surface area contributed by atoms with Crippen molar-refractivity contribution >= 4 is 11.7 Å². The molecule has 1 aromatic rings. The van der Waals surface area contributed by atoms with E-state index in [2.05, 4.69) is 19.0 Å². The highest BCUT2D eigenvalue weighted by Gasteiger charge is 2.16. The summed E-state index contributed by atoms with van der Waals surface area (Å²) in [5, 5.41) is 11.5. The van der Waals surface area contributed by atoms with Crippen molar-refractivity contribution in [1.29, 1.82) is 0 Å². The summed E-state index contributed by atoms with van der Waals surface area (Å²) in [6, 6.07) is 7.43. The second-order valence-corrected chi connectivity index (χ2v) is 4.83. The van der Waals surface area contributed by atoms with Crippen LogP contribution in [0.5, 0.6) is 0 Å². The molecular formula is C15H23N3O2. The molecule has 3 N–H and O–H groups in total. The van der Waals surface area contributed by atoms with Gasteiger partial charge < -0.3 is 15.8 Å². The molecule has 0 aliphatic heterocycles. The highest BCUT2D eigenvalue weighted by atomic mass is 16.4. The number of amidine groups is 1. The predicted octanol–water partition coefficient (Wildman–Crippen LogP) is 1.97. The van der Waals surface area contributed by atoms with E-state index in [1.54, 1.807) is 12.1 Å². The van der Waals surface area contributed by atoms with Crippen molar-refractivity contribution in [3.8, 4) is 0 Å². The van der Waals surface area contributed by atoms with Gasteiger partial charge in [-0.2, -0.15) is 0 Å². The maximum absolute atomic E-state index is 12.2. The SMILES string of the molecule is CCC(CC)N(C)C(=O)Cc1ccc(C(N)=NO)cc1. The van der Waals surface area contributed by atoms with Gasteiger partial charge in [0, 0.05) is 18.7 Å². The van der Waals surface area contributed by atoms with Crippen LogP contribution in [0.25, 0.3) is 0 Å². The number of oxime groups is 1. The Bertz CT molecular complexity index is 465. The van der Waals surface area contributed by atoms with Crippen molar-refractivity contribution in [3.05, 3.63) is 35.4 Å². The molecule has 1 amide bonds. The van der Waals surface area contributed by atoms with Crippen LogP contribution in [-0.2, 0) is 11.2 Å². The highest BCUT2D eigenvalue weighted by molar-refractivity contribution is 5.97. The van der Waals surface area contributed by atoms with E-state index in [4.69, 9.17) is 10.9 Å². The quantitative estimate of drug-likeness (QED) is 0.361. The number of nitrogens with zero attached hydrogens (tertiary/aromatic N) is 2. The van der Waals surface area contributed by atoms with E-state index in [1.807, 2.05) is 24.1 Å². The van der Waals surface area contributed by atoms with Crippen molar-refractivity contribution < 1.29 is 10.0 Å². The zero-order valence-electron chi connectivity index (χ0n) is 12.3. The molecule has 5 nitrogen and oxygen atoms in total. The van der Waals surface area contributed by atoms with Crippen molar-refractivity contribution in [1.82, 2.24) is 4.90 Å². The number of hydrogen-bond donors (Lipinski definition) is 2. The highest BCUT2D eigenvalue weighted by Crippen LogP contribution is 2.10. The van der Waals surface area contributed by atoms with Crippen LogP contribution in [0.2, 0.25) is 0 Å². The van der Waals surface area contributed by atoms with Crippen LogP contribution in [0.3, 0.4) is 0 Å². The number of rotatable bonds is 6. The third kappa shape index (κ3) is 3.98. The molecule has 0 fully saturated rings. The lowest BCUT2D eigenvalue weighted by atomic mass is 10.1. The number of carbonyl (C=O) groups excluding carboxylic acids is 1. The Morgan fingerprint density at radius 2 is 1.85 bits per heavy atom. The first-order valence-corrected chi connectivity index (χ1v) is 6.85. The van der Waals surface area contributed by atoms with Gasteiger partial charge in [0.05, 0.1) is 6.42 Å². The molecule has 5 heteroatoms. The fourth-order valence-corrected chi connectivity index (χ4v) is 2.19. The fourth-order valence-electron chi connectivity index (χ4n) is 2.19. The van der Waals surface area contributed by atoms with Gasteiger partial charge in [0.15, 0.2) is 5.84 Å². The Hall–Kier alpha value is -2.04. The minimum atomic E-state index is 0.0667. The third-order valence-electron chi connectivity index (χ3n) is 3.60. The first-order chi connectivity index (χ1) is 9.53. The molecule has 0 unspecified atom stereocenters. The van der Waals surface area contributed by atoms with Crippen molar-refractivity contribution in [2.24, 2.45) is 10.9 Å². The van der Waals surface area contributed by atoms with E-state index >= 15 is 0 Å². The monoisotopic (exact) mass is 277 g/mol. The Morgan fingerprint density at radius 3 is 2.30 bits per heavy atom. The molecule has 110 valence electrons. The topological polar surface area (TPSA) is 78.9 Å². The predicted molar refractivity (Wildman–Crippen MR) is 79.8 cm³/mol. The minimum absolute atomic E-state index is 0.0667. The summed E-state index contributed by atoms with van der Waals surface area (Å²) in [5.74, 6) is 0.173. The lowest BCUT2D eigenvalue weighted by Crippen LogP contribution is -2.37.